The maximum absolute atomic E-state index is 11.7. The molecular weight excluding hydrogens is 366 g/mol. The van der Waals surface area contributed by atoms with Crippen LogP contribution in [-0.4, -0.2) is 24.6 Å². The van der Waals surface area contributed by atoms with Crippen molar-refractivity contribution >= 4 is 21.2 Å². The van der Waals surface area contributed by atoms with E-state index < -0.39 is 20.8 Å². The van der Waals surface area contributed by atoms with Crippen molar-refractivity contribution in [2.24, 2.45) is 0 Å². The number of benzene rings is 2. The summed E-state index contributed by atoms with van der Waals surface area (Å²) in [6, 6.07) is 18.2. The molecule has 0 aliphatic heterocycles. The maximum Gasteiger partial charge on any atom is 0.293 e. The van der Waals surface area contributed by atoms with Crippen LogP contribution in [0.4, 0.5) is 11.4 Å². The summed E-state index contributed by atoms with van der Waals surface area (Å²) in [5.74, 6) is 0. The molecule has 0 aliphatic carbocycles. The smallest absolute Gasteiger partial charge is 0.293 e. The zero-order valence-electron chi connectivity index (χ0n) is 14.4. The van der Waals surface area contributed by atoms with Gasteiger partial charge in [0.15, 0.2) is 9.84 Å². The van der Waals surface area contributed by atoms with Crippen LogP contribution in [0.15, 0.2) is 77.8 Å². The summed E-state index contributed by atoms with van der Waals surface area (Å²) in [4.78, 5) is 15.2. The topological polar surface area (TPSA) is 102 Å². The summed E-state index contributed by atoms with van der Waals surface area (Å²) >= 11 is 0. The lowest BCUT2D eigenvalue weighted by Crippen LogP contribution is -2.15. The Bertz CT molecular complexity index is 1020. The molecule has 7 nitrogen and oxygen atoms in total. The molecule has 27 heavy (non-hydrogen) atoms. The van der Waals surface area contributed by atoms with E-state index in [1.165, 1.54) is 12.1 Å². The minimum Gasteiger partial charge on any atom is -0.367 e. The number of pyridine rings is 1. The summed E-state index contributed by atoms with van der Waals surface area (Å²) in [5.41, 5.74) is 1.46. The van der Waals surface area contributed by atoms with Crippen molar-refractivity contribution < 1.29 is 13.3 Å². The molecule has 0 radical (unpaired) electrons. The van der Waals surface area contributed by atoms with Crippen LogP contribution < -0.4 is 5.32 Å². The van der Waals surface area contributed by atoms with Gasteiger partial charge in [0.2, 0.25) is 0 Å². The van der Waals surface area contributed by atoms with Crippen LogP contribution in [0.3, 0.4) is 0 Å². The highest BCUT2D eigenvalue weighted by Crippen LogP contribution is 2.32. The summed E-state index contributed by atoms with van der Waals surface area (Å²) in [6.07, 6.45) is 2.66. The van der Waals surface area contributed by atoms with E-state index in [0.717, 1.165) is 17.9 Å². The molecule has 1 N–H and O–H groups in total. The van der Waals surface area contributed by atoms with Crippen LogP contribution in [0, 0.1) is 10.1 Å². The lowest BCUT2D eigenvalue weighted by atomic mass is 10.0. The van der Waals surface area contributed by atoms with E-state index in [-0.39, 0.29) is 16.3 Å². The molecule has 2 aromatic carbocycles. The molecule has 0 amide bonds. The highest BCUT2D eigenvalue weighted by molar-refractivity contribution is 7.90. The minimum absolute atomic E-state index is 0.103. The first-order chi connectivity index (χ1) is 12.9. The van der Waals surface area contributed by atoms with Gasteiger partial charge in [-0.2, -0.15) is 0 Å². The molecule has 1 heterocycles. The van der Waals surface area contributed by atoms with Crippen LogP contribution in [0.2, 0.25) is 0 Å². The van der Waals surface area contributed by atoms with Crippen molar-refractivity contribution in [3.63, 3.8) is 0 Å². The number of nitro benzene ring substituents is 1. The summed E-state index contributed by atoms with van der Waals surface area (Å²) in [5, 5.41) is 14.7. The number of aromatic nitrogens is 1. The Morgan fingerprint density at radius 3 is 2.33 bits per heavy atom. The predicted molar refractivity (Wildman–Crippen MR) is 102 cm³/mol. The Labute approximate surface area is 156 Å². The molecule has 0 spiro atoms. The number of hydrogen-bond acceptors (Lipinski definition) is 6. The van der Waals surface area contributed by atoms with Gasteiger partial charge in [0, 0.05) is 18.5 Å². The number of nitrogens with one attached hydrogen (secondary N) is 1. The van der Waals surface area contributed by atoms with Crippen LogP contribution in [0.1, 0.15) is 17.3 Å². The monoisotopic (exact) mass is 383 g/mol. The second-order valence-corrected chi connectivity index (χ2v) is 7.97. The van der Waals surface area contributed by atoms with Gasteiger partial charge in [0.05, 0.1) is 21.6 Å². The van der Waals surface area contributed by atoms with Gasteiger partial charge < -0.3 is 5.32 Å². The van der Waals surface area contributed by atoms with Crippen molar-refractivity contribution in [2.45, 2.75) is 10.9 Å². The van der Waals surface area contributed by atoms with Gasteiger partial charge in [-0.15, -0.1) is 0 Å². The fraction of sp³-hybridized carbons (Fsp3) is 0.105. The number of nitro groups is 1. The molecular formula is C19H17N3O4S. The third-order valence-electron chi connectivity index (χ3n) is 4.01. The first kappa shape index (κ1) is 18.5. The molecule has 0 saturated heterocycles. The lowest BCUT2D eigenvalue weighted by Gasteiger charge is -2.20. The Morgan fingerprint density at radius 2 is 1.74 bits per heavy atom. The molecule has 1 aromatic heterocycles. The fourth-order valence-corrected chi connectivity index (χ4v) is 3.33. The van der Waals surface area contributed by atoms with Crippen molar-refractivity contribution in [3.05, 3.63) is 94.3 Å². The average Bonchev–Trinajstić information content (AvgIpc) is 2.66. The molecule has 0 bridgehead atoms. The third kappa shape index (κ3) is 4.29. The average molecular weight is 383 g/mol. The molecule has 138 valence electrons. The van der Waals surface area contributed by atoms with E-state index in [1.54, 1.807) is 12.3 Å². The van der Waals surface area contributed by atoms with Crippen molar-refractivity contribution in [2.75, 3.05) is 11.6 Å². The van der Waals surface area contributed by atoms with Crippen molar-refractivity contribution in [1.82, 2.24) is 4.98 Å². The van der Waals surface area contributed by atoms with Gasteiger partial charge in [-0.25, -0.2) is 8.42 Å². The van der Waals surface area contributed by atoms with Crippen molar-refractivity contribution in [3.8, 4) is 0 Å². The second kappa shape index (κ2) is 7.55. The standard InChI is InChI=1S/C19H17N3O4S/c1-27(25,26)15-10-11-16(18(13-15)22(23)24)21-19(14-7-3-2-4-8-14)17-9-5-6-12-20-17/h2-13,19,21H,1H3. The van der Waals surface area contributed by atoms with Gasteiger partial charge in [0.1, 0.15) is 5.69 Å². The first-order valence-electron chi connectivity index (χ1n) is 8.07. The van der Waals surface area contributed by atoms with Gasteiger partial charge in [-0.3, -0.25) is 15.1 Å². The van der Waals surface area contributed by atoms with E-state index in [2.05, 4.69) is 10.3 Å². The molecule has 1 atom stereocenters. The zero-order chi connectivity index (χ0) is 19.4. The molecule has 0 aliphatic rings. The first-order valence-corrected chi connectivity index (χ1v) is 9.96. The molecule has 8 heteroatoms. The number of anilines is 1. The minimum atomic E-state index is -3.55. The van der Waals surface area contributed by atoms with Gasteiger partial charge in [-0.05, 0) is 29.8 Å². The van der Waals surface area contributed by atoms with Crippen LogP contribution in [0.25, 0.3) is 0 Å². The van der Waals surface area contributed by atoms with Crippen LogP contribution in [0.5, 0.6) is 0 Å². The zero-order valence-corrected chi connectivity index (χ0v) is 15.3. The number of nitrogens with zero attached hydrogens (tertiary/aromatic N) is 2. The highest BCUT2D eigenvalue weighted by Gasteiger charge is 2.23. The molecule has 1 unspecified atom stereocenters. The van der Waals surface area contributed by atoms with Gasteiger partial charge in [0.25, 0.3) is 5.69 Å². The second-order valence-electron chi connectivity index (χ2n) is 5.95. The fourth-order valence-electron chi connectivity index (χ4n) is 2.69. The third-order valence-corrected chi connectivity index (χ3v) is 5.12. The van der Waals surface area contributed by atoms with E-state index in [9.17, 15) is 18.5 Å². The Hall–Kier alpha value is -3.26. The summed E-state index contributed by atoms with van der Waals surface area (Å²) in [6.45, 7) is 0. The predicted octanol–water partition coefficient (Wildman–Crippen LogP) is 3.59. The maximum atomic E-state index is 11.7. The van der Waals surface area contributed by atoms with E-state index in [1.807, 2.05) is 42.5 Å². The normalized spacial score (nSPS) is 12.3. The SMILES string of the molecule is CS(=O)(=O)c1ccc(NC(c2ccccc2)c2ccccn2)c([N+](=O)[O-])c1. The number of sulfone groups is 1. The summed E-state index contributed by atoms with van der Waals surface area (Å²) < 4.78 is 23.5. The van der Waals surface area contributed by atoms with Gasteiger partial charge >= 0.3 is 0 Å². The van der Waals surface area contributed by atoms with Gasteiger partial charge in [-0.1, -0.05) is 36.4 Å². The molecule has 0 saturated carbocycles. The Balaban J connectivity index is 2.08. The summed E-state index contributed by atoms with van der Waals surface area (Å²) in [7, 11) is -3.55. The number of rotatable bonds is 6. The quantitative estimate of drug-likeness (QED) is 0.515. The largest absolute Gasteiger partial charge is 0.367 e. The van der Waals surface area contributed by atoms with E-state index in [0.29, 0.717) is 5.69 Å². The van der Waals surface area contributed by atoms with Crippen molar-refractivity contribution in [1.29, 1.82) is 0 Å². The van der Waals surface area contributed by atoms with E-state index in [4.69, 9.17) is 0 Å². The molecule has 0 fully saturated rings. The van der Waals surface area contributed by atoms with Crippen LogP contribution >= 0.6 is 0 Å². The Morgan fingerprint density at radius 1 is 1.04 bits per heavy atom. The van der Waals surface area contributed by atoms with E-state index >= 15 is 0 Å². The number of hydrogen-bond donors (Lipinski definition) is 1. The highest BCUT2D eigenvalue weighted by atomic mass is 32.2. The molecule has 3 rings (SSSR count). The van der Waals surface area contributed by atoms with Crippen LogP contribution in [-0.2, 0) is 9.84 Å². The molecule has 3 aromatic rings. The lowest BCUT2D eigenvalue weighted by molar-refractivity contribution is -0.384. The Kier molecular flexibility index (Phi) is 5.18.